The number of H-pyrrole nitrogens is 1. The molecule has 0 bridgehead atoms. The van der Waals surface area contributed by atoms with E-state index in [-0.39, 0.29) is 17.7 Å². The van der Waals surface area contributed by atoms with Crippen molar-refractivity contribution in [2.45, 2.75) is 57.8 Å². The molecule has 1 heterocycles. The SMILES string of the molecule is COc1ccc(OC)c([C@H]2CC(=O)c3c([nH]c(C(=O)OCC4CCCCC4)c3C)C2)c1. The molecule has 2 aliphatic carbocycles. The molecule has 0 unspecified atom stereocenters. The number of Topliss-reactive ketones (excluding diaryl/α,β-unsaturated/α-hetero) is 1. The van der Waals surface area contributed by atoms with E-state index in [1.54, 1.807) is 14.2 Å². The third-order valence-electron chi connectivity index (χ3n) is 6.74. The first kappa shape index (κ1) is 21.5. The summed E-state index contributed by atoms with van der Waals surface area (Å²) in [5, 5.41) is 0. The first-order valence-corrected chi connectivity index (χ1v) is 11.2. The molecular formula is C25H31NO5. The van der Waals surface area contributed by atoms with Crippen molar-refractivity contribution in [3.8, 4) is 11.5 Å². The number of methoxy groups -OCH3 is 2. The smallest absolute Gasteiger partial charge is 0.355 e. The summed E-state index contributed by atoms with van der Waals surface area (Å²) in [6.45, 7) is 2.29. The lowest BCUT2D eigenvalue weighted by Gasteiger charge is -2.24. The van der Waals surface area contributed by atoms with Gasteiger partial charge in [0.2, 0.25) is 0 Å². The quantitative estimate of drug-likeness (QED) is 0.660. The maximum absolute atomic E-state index is 13.0. The molecule has 2 aliphatic rings. The first-order valence-electron chi connectivity index (χ1n) is 11.2. The standard InChI is InChI=1S/C25H31NO5/c1-15-23-20(26-24(15)25(28)31-14-16-7-5-4-6-8-16)11-17(12-21(23)27)19-13-18(29-2)9-10-22(19)30-3/h9-10,13,16-17,26H,4-8,11-12,14H2,1-3H3/t17-/m1/s1. The van der Waals surface area contributed by atoms with E-state index in [1.807, 2.05) is 25.1 Å². The third kappa shape index (κ3) is 4.34. The fourth-order valence-corrected chi connectivity index (χ4v) is 5.04. The maximum atomic E-state index is 13.0. The molecule has 0 aliphatic heterocycles. The van der Waals surface area contributed by atoms with Gasteiger partial charge in [0.15, 0.2) is 5.78 Å². The second kappa shape index (κ2) is 9.16. The third-order valence-corrected chi connectivity index (χ3v) is 6.74. The summed E-state index contributed by atoms with van der Waals surface area (Å²) in [6.07, 6.45) is 6.93. The van der Waals surface area contributed by atoms with Crippen LogP contribution in [0.4, 0.5) is 0 Å². The molecule has 0 saturated heterocycles. The van der Waals surface area contributed by atoms with Crippen LogP contribution in [0.2, 0.25) is 0 Å². The van der Waals surface area contributed by atoms with Crippen LogP contribution in [-0.4, -0.2) is 37.6 Å². The lowest BCUT2D eigenvalue weighted by molar-refractivity contribution is 0.0403. The molecule has 1 aromatic carbocycles. The largest absolute Gasteiger partial charge is 0.497 e. The molecule has 1 aromatic heterocycles. The number of benzene rings is 1. The average molecular weight is 426 g/mol. The summed E-state index contributed by atoms with van der Waals surface area (Å²) < 4.78 is 16.5. The van der Waals surface area contributed by atoms with E-state index >= 15 is 0 Å². The maximum Gasteiger partial charge on any atom is 0.355 e. The molecule has 0 spiro atoms. The molecule has 1 fully saturated rings. The minimum absolute atomic E-state index is 0.0382. The summed E-state index contributed by atoms with van der Waals surface area (Å²) in [5.41, 5.74) is 3.49. The summed E-state index contributed by atoms with van der Waals surface area (Å²) in [5.74, 6) is 1.54. The van der Waals surface area contributed by atoms with Gasteiger partial charge in [-0.15, -0.1) is 0 Å². The number of rotatable bonds is 6. The zero-order chi connectivity index (χ0) is 22.0. The van der Waals surface area contributed by atoms with Gasteiger partial charge in [0.1, 0.15) is 17.2 Å². The van der Waals surface area contributed by atoms with Crippen LogP contribution in [0.5, 0.6) is 11.5 Å². The summed E-state index contributed by atoms with van der Waals surface area (Å²) >= 11 is 0. The number of hydrogen-bond donors (Lipinski definition) is 1. The Balaban J connectivity index is 1.54. The molecule has 1 N–H and O–H groups in total. The molecule has 1 saturated carbocycles. The van der Waals surface area contributed by atoms with Gasteiger partial charge < -0.3 is 19.2 Å². The number of esters is 1. The lowest BCUT2D eigenvalue weighted by Crippen LogP contribution is -2.19. The number of hydrogen-bond acceptors (Lipinski definition) is 5. The van der Waals surface area contributed by atoms with Crippen molar-refractivity contribution in [1.29, 1.82) is 0 Å². The fourth-order valence-electron chi connectivity index (χ4n) is 5.04. The average Bonchev–Trinajstić information content (AvgIpc) is 3.14. The van der Waals surface area contributed by atoms with Gasteiger partial charge in [-0.2, -0.15) is 0 Å². The van der Waals surface area contributed by atoms with Crippen LogP contribution in [0.25, 0.3) is 0 Å². The Morgan fingerprint density at radius 3 is 2.58 bits per heavy atom. The van der Waals surface area contributed by atoms with Crippen LogP contribution in [-0.2, 0) is 11.2 Å². The van der Waals surface area contributed by atoms with Gasteiger partial charge in [-0.3, -0.25) is 4.79 Å². The minimum atomic E-state index is -0.360. The molecule has 31 heavy (non-hydrogen) atoms. The Labute approximate surface area is 183 Å². The van der Waals surface area contributed by atoms with Crippen LogP contribution in [0.15, 0.2) is 18.2 Å². The molecule has 1 atom stereocenters. The van der Waals surface area contributed by atoms with E-state index in [4.69, 9.17) is 14.2 Å². The van der Waals surface area contributed by atoms with E-state index in [2.05, 4.69) is 4.98 Å². The highest BCUT2D eigenvalue weighted by molar-refractivity contribution is 6.03. The predicted molar refractivity (Wildman–Crippen MR) is 117 cm³/mol. The molecular weight excluding hydrogens is 394 g/mol. The molecule has 2 aromatic rings. The van der Waals surface area contributed by atoms with Gasteiger partial charge in [-0.25, -0.2) is 4.79 Å². The van der Waals surface area contributed by atoms with Crippen molar-refractivity contribution in [2.75, 3.05) is 20.8 Å². The number of ether oxygens (including phenoxy) is 3. The molecule has 4 rings (SSSR count). The highest BCUT2D eigenvalue weighted by Crippen LogP contribution is 2.40. The van der Waals surface area contributed by atoms with E-state index < -0.39 is 0 Å². The summed E-state index contributed by atoms with van der Waals surface area (Å²) in [4.78, 5) is 29.0. The number of fused-ring (bicyclic) bond motifs is 1. The summed E-state index contributed by atoms with van der Waals surface area (Å²) in [6, 6.07) is 5.64. The van der Waals surface area contributed by atoms with Gasteiger partial charge in [-0.1, -0.05) is 19.3 Å². The van der Waals surface area contributed by atoms with Gasteiger partial charge in [-0.05, 0) is 55.9 Å². The molecule has 0 amide bonds. The monoisotopic (exact) mass is 425 g/mol. The summed E-state index contributed by atoms with van der Waals surface area (Å²) in [7, 11) is 3.25. The second-order valence-corrected chi connectivity index (χ2v) is 8.72. The van der Waals surface area contributed by atoms with Crippen molar-refractivity contribution in [3.05, 3.63) is 46.3 Å². The topological polar surface area (TPSA) is 77.6 Å². The molecule has 166 valence electrons. The van der Waals surface area contributed by atoms with Crippen LogP contribution in [0.3, 0.4) is 0 Å². The van der Waals surface area contributed by atoms with E-state index in [1.165, 1.54) is 19.3 Å². The van der Waals surface area contributed by atoms with Crippen LogP contribution in [0, 0.1) is 12.8 Å². The van der Waals surface area contributed by atoms with E-state index in [9.17, 15) is 9.59 Å². The zero-order valence-electron chi connectivity index (χ0n) is 18.6. The van der Waals surface area contributed by atoms with Crippen molar-refractivity contribution < 1.29 is 23.8 Å². The number of carbonyl (C=O) groups excluding carboxylic acids is 2. The Bertz CT molecular complexity index is 971. The highest BCUT2D eigenvalue weighted by atomic mass is 16.5. The lowest BCUT2D eigenvalue weighted by atomic mass is 9.81. The van der Waals surface area contributed by atoms with E-state index in [0.29, 0.717) is 42.2 Å². The van der Waals surface area contributed by atoms with Crippen molar-refractivity contribution in [1.82, 2.24) is 4.98 Å². The van der Waals surface area contributed by atoms with E-state index in [0.717, 1.165) is 35.6 Å². The van der Waals surface area contributed by atoms with Crippen LogP contribution < -0.4 is 9.47 Å². The Morgan fingerprint density at radius 2 is 1.87 bits per heavy atom. The number of nitrogens with one attached hydrogen (secondary N) is 1. The second-order valence-electron chi connectivity index (χ2n) is 8.72. The van der Waals surface area contributed by atoms with Crippen molar-refractivity contribution in [2.24, 2.45) is 5.92 Å². The minimum Gasteiger partial charge on any atom is -0.497 e. The number of carbonyl (C=O) groups is 2. The molecule has 6 heteroatoms. The molecule has 6 nitrogen and oxygen atoms in total. The Kier molecular flexibility index (Phi) is 6.35. The van der Waals surface area contributed by atoms with Crippen LogP contribution >= 0.6 is 0 Å². The fraction of sp³-hybridized carbons (Fsp3) is 0.520. The van der Waals surface area contributed by atoms with Crippen molar-refractivity contribution in [3.63, 3.8) is 0 Å². The zero-order valence-corrected chi connectivity index (χ0v) is 18.6. The van der Waals surface area contributed by atoms with Crippen LogP contribution in [0.1, 0.15) is 82.1 Å². The van der Waals surface area contributed by atoms with Gasteiger partial charge in [0, 0.05) is 29.2 Å². The number of ketones is 1. The Hall–Kier alpha value is -2.76. The van der Waals surface area contributed by atoms with Gasteiger partial charge in [0.25, 0.3) is 0 Å². The number of aromatic nitrogens is 1. The first-order chi connectivity index (χ1) is 15.0. The highest BCUT2D eigenvalue weighted by Gasteiger charge is 2.33. The number of aromatic amines is 1. The van der Waals surface area contributed by atoms with Gasteiger partial charge in [0.05, 0.1) is 20.8 Å². The van der Waals surface area contributed by atoms with Gasteiger partial charge >= 0.3 is 5.97 Å². The van der Waals surface area contributed by atoms with Crippen molar-refractivity contribution >= 4 is 11.8 Å². The molecule has 0 radical (unpaired) electrons. The normalized spacial score (nSPS) is 19.1. The Morgan fingerprint density at radius 1 is 1.10 bits per heavy atom. The predicted octanol–water partition coefficient (Wildman–Crippen LogP) is 4.99.